The van der Waals surface area contributed by atoms with Gasteiger partial charge in [0.15, 0.2) is 0 Å². The highest BCUT2D eigenvalue weighted by Crippen LogP contribution is 2.36. The largest absolute Gasteiger partial charge is 0.150 e. The zero-order valence-corrected chi connectivity index (χ0v) is 12.0. The summed E-state index contributed by atoms with van der Waals surface area (Å²) >= 11 is 1.95. The first-order valence-electron chi connectivity index (χ1n) is 6.76. The summed E-state index contributed by atoms with van der Waals surface area (Å²) in [4.78, 5) is 12.4. The van der Waals surface area contributed by atoms with Crippen LogP contribution in [0.1, 0.15) is 39.5 Å². The van der Waals surface area contributed by atoms with E-state index in [-0.39, 0.29) is 6.04 Å². The average Bonchev–Trinajstić information content (AvgIpc) is 2.90. The number of hydrogen-bond donors (Lipinski definition) is 0. The highest BCUT2D eigenvalue weighted by atomic mass is 32.2. The highest BCUT2D eigenvalue weighted by molar-refractivity contribution is 8.03. The molecule has 0 fully saturated rings. The maximum absolute atomic E-state index is 11.0. The molecule has 98 valence electrons. The minimum Gasteiger partial charge on any atom is -0.150 e. The Labute approximate surface area is 114 Å². The van der Waals surface area contributed by atoms with E-state index in [1.54, 1.807) is 0 Å². The summed E-state index contributed by atoms with van der Waals surface area (Å²) < 4.78 is 0. The van der Waals surface area contributed by atoms with Crippen LogP contribution in [0.25, 0.3) is 0 Å². The molecule has 1 aliphatic carbocycles. The SMILES string of the molecule is CC(C)CC(N=O)C1=CC=C(C2=CCCS2)CC1. The summed E-state index contributed by atoms with van der Waals surface area (Å²) in [6.45, 7) is 4.28. The maximum Gasteiger partial charge on any atom is 0.113 e. The van der Waals surface area contributed by atoms with Crippen molar-refractivity contribution in [1.29, 1.82) is 0 Å². The fourth-order valence-corrected chi connectivity index (χ4v) is 3.53. The van der Waals surface area contributed by atoms with Gasteiger partial charge in [0.2, 0.25) is 0 Å². The molecule has 18 heavy (non-hydrogen) atoms. The van der Waals surface area contributed by atoms with Crippen LogP contribution in [0.15, 0.2) is 39.5 Å². The van der Waals surface area contributed by atoms with Crippen molar-refractivity contribution in [2.45, 2.75) is 45.6 Å². The molecule has 1 heterocycles. The van der Waals surface area contributed by atoms with Crippen molar-refractivity contribution in [2.75, 3.05) is 5.75 Å². The van der Waals surface area contributed by atoms with Crippen molar-refractivity contribution in [3.63, 3.8) is 0 Å². The molecular formula is C15H21NOS. The van der Waals surface area contributed by atoms with Gasteiger partial charge in [-0.25, -0.2) is 0 Å². The van der Waals surface area contributed by atoms with E-state index in [1.807, 2.05) is 11.8 Å². The Balaban J connectivity index is 2.05. The van der Waals surface area contributed by atoms with Crippen molar-refractivity contribution in [2.24, 2.45) is 11.1 Å². The van der Waals surface area contributed by atoms with Gasteiger partial charge in [-0.05, 0) is 42.7 Å². The molecule has 0 saturated heterocycles. The van der Waals surface area contributed by atoms with Crippen molar-refractivity contribution >= 4 is 11.8 Å². The lowest BCUT2D eigenvalue weighted by Crippen LogP contribution is -2.13. The second-order valence-electron chi connectivity index (χ2n) is 5.39. The Morgan fingerprint density at radius 2 is 2.17 bits per heavy atom. The molecule has 2 nitrogen and oxygen atoms in total. The molecule has 0 N–H and O–H groups in total. The van der Waals surface area contributed by atoms with Gasteiger partial charge in [0.1, 0.15) is 6.04 Å². The third-order valence-electron chi connectivity index (χ3n) is 3.45. The minimum atomic E-state index is -0.118. The van der Waals surface area contributed by atoms with Crippen molar-refractivity contribution in [1.82, 2.24) is 0 Å². The maximum atomic E-state index is 11.0. The lowest BCUT2D eigenvalue weighted by Gasteiger charge is -2.20. The smallest absolute Gasteiger partial charge is 0.113 e. The number of hydrogen-bond acceptors (Lipinski definition) is 3. The van der Waals surface area contributed by atoms with Gasteiger partial charge in [-0.15, -0.1) is 11.8 Å². The van der Waals surface area contributed by atoms with E-state index in [2.05, 4.69) is 37.3 Å². The fraction of sp³-hybridized carbons (Fsp3) is 0.600. The topological polar surface area (TPSA) is 29.4 Å². The van der Waals surface area contributed by atoms with E-state index in [0.29, 0.717) is 5.92 Å². The van der Waals surface area contributed by atoms with Crippen LogP contribution in [0.5, 0.6) is 0 Å². The van der Waals surface area contributed by atoms with E-state index in [4.69, 9.17) is 0 Å². The van der Waals surface area contributed by atoms with E-state index < -0.39 is 0 Å². The summed E-state index contributed by atoms with van der Waals surface area (Å²) in [6, 6.07) is -0.118. The van der Waals surface area contributed by atoms with Gasteiger partial charge >= 0.3 is 0 Å². The zero-order valence-electron chi connectivity index (χ0n) is 11.2. The quantitative estimate of drug-likeness (QED) is 0.664. The Kier molecular flexibility index (Phi) is 4.81. The molecule has 1 unspecified atom stereocenters. The van der Waals surface area contributed by atoms with Crippen LogP contribution in [0, 0.1) is 10.8 Å². The number of thioether (sulfide) groups is 1. The van der Waals surface area contributed by atoms with Gasteiger partial charge in [0.05, 0.1) is 0 Å². The predicted octanol–water partition coefficient (Wildman–Crippen LogP) is 4.83. The van der Waals surface area contributed by atoms with Gasteiger partial charge in [0.25, 0.3) is 0 Å². The fourth-order valence-electron chi connectivity index (χ4n) is 2.49. The lowest BCUT2D eigenvalue weighted by molar-refractivity contribution is 0.522. The Morgan fingerprint density at radius 3 is 2.67 bits per heavy atom. The van der Waals surface area contributed by atoms with Crippen LogP contribution in [-0.2, 0) is 0 Å². The van der Waals surface area contributed by atoms with E-state index in [9.17, 15) is 4.91 Å². The average molecular weight is 263 g/mol. The van der Waals surface area contributed by atoms with Gasteiger partial charge < -0.3 is 0 Å². The first kappa shape index (κ1) is 13.6. The molecule has 1 atom stereocenters. The van der Waals surface area contributed by atoms with Crippen molar-refractivity contribution < 1.29 is 0 Å². The summed E-state index contributed by atoms with van der Waals surface area (Å²) in [5.41, 5.74) is 2.65. The van der Waals surface area contributed by atoms with Gasteiger partial charge in [-0.3, -0.25) is 0 Å². The second-order valence-corrected chi connectivity index (χ2v) is 6.53. The van der Waals surface area contributed by atoms with Crippen LogP contribution in [-0.4, -0.2) is 11.8 Å². The molecule has 0 bridgehead atoms. The molecule has 0 radical (unpaired) electrons. The normalized spacial score (nSPS) is 21.4. The van der Waals surface area contributed by atoms with Crippen LogP contribution < -0.4 is 0 Å². The summed E-state index contributed by atoms with van der Waals surface area (Å²) in [6.07, 6.45) is 10.8. The third kappa shape index (κ3) is 3.35. The van der Waals surface area contributed by atoms with Gasteiger partial charge in [-0.1, -0.05) is 37.3 Å². The molecule has 0 amide bonds. The third-order valence-corrected chi connectivity index (χ3v) is 4.63. The Hall–Kier alpha value is -0.830. The van der Waals surface area contributed by atoms with E-state index in [0.717, 1.165) is 19.3 Å². The van der Waals surface area contributed by atoms with Crippen LogP contribution in [0.2, 0.25) is 0 Å². The number of rotatable bonds is 5. The zero-order chi connectivity index (χ0) is 13.0. The standard InChI is InChI=1S/C15H21NOS/c1-11(2)10-14(16-17)12-5-7-13(8-6-12)15-4-3-9-18-15/h4-5,7,11,14H,3,6,8-10H2,1-2H3. The van der Waals surface area contributed by atoms with E-state index >= 15 is 0 Å². The predicted molar refractivity (Wildman–Crippen MR) is 79.6 cm³/mol. The summed E-state index contributed by atoms with van der Waals surface area (Å²) in [5, 5.41) is 3.31. The first-order chi connectivity index (χ1) is 8.70. The molecule has 2 rings (SSSR count). The van der Waals surface area contributed by atoms with Gasteiger partial charge in [0, 0.05) is 10.7 Å². The molecule has 3 heteroatoms. The van der Waals surface area contributed by atoms with E-state index in [1.165, 1.54) is 28.2 Å². The second kappa shape index (κ2) is 6.37. The molecule has 0 aromatic rings. The molecule has 0 saturated carbocycles. The van der Waals surface area contributed by atoms with Crippen LogP contribution in [0.3, 0.4) is 0 Å². The van der Waals surface area contributed by atoms with Crippen LogP contribution in [0.4, 0.5) is 0 Å². The molecule has 1 aliphatic heterocycles. The van der Waals surface area contributed by atoms with Crippen LogP contribution >= 0.6 is 11.8 Å². The highest BCUT2D eigenvalue weighted by Gasteiger charge is 2.20. The molecule has 0 aromatic carbocycles. The number of nitrogens with zero attached hydrogens (tertiary/aromatic N) is 1. The number of nitroso groups, excluding NO2 is 1. The molecule has 0 spiro atoms. The summed E-state index contributed by atoms with van der Waals surface area (Å²) in [5.74, 6) is 1.74. The minimum absolute atomic E-state index is 0.118. The Bertz CT molecular complexity index is 407. The number of allylic oxidation sites excluding steroid dienone is 4. The first-order valence-corrected chi connectivity index (χ1v) is 7.74. The Morgan fingerprint density at radius 1 is 1.33 bits per heavy atom. The molecule has 0 aromatic heterocycles. The monoisotopic (exact) mass is 263 g/mol. The van der Waals surface area contributed by atoms with Gasteiger partial charge in [-0.2, -0.15) is 4.91 Å². The molecule has 2 aliphatic rings. The van der Waals surface area contributed by atoms with Crippen molar-refractivity contribution in [3.8, 4) is 0 Å². The molecular weight excluding hydrogens is 242 g/mol. The lowest BCUT2D eigenvalue weighted by atomic mass is 9.89. The summed E-state index contributed by atoms with van der Waals surface area (Å²) in [7, 11) is 0. The van der Waals surface area contributed by atoms with Crippen molar-refractivity contribution in [3.05, 3.63) is 39.2 Å².